The number of furan rings is 1. The van der Waals surface area contributed by atoms with Crippen LogP contribution in [0.1, 0.15) is 59.0 Å². The van der Waals surface area contributed by atoms with Crippen molar-refractivity contribution in [3.63, 3.8) is 0 Å². The number of benzene rings is 2. The van der Waals surface area contributed by atoms with Crippen molar-refractivity contribution in [3.8, 4) is 0 Å². The van der Waals surface area contributed by atoms with Gasteiger partial charge in [-0.3, -0.25) is 9.59 Å². The first-order valence-electron chi connectivity index (χ1n) is 11.5. The van der Waals surface area contributed by atoms with Crippen LogP contribution in [0.4, 0.5) is 0 Å². The number of carbonyl (C=O) groups is 2. The molecule has 1 heterocycles. The molecular weight excluding hydrogens is 436 g/mol. The van der Waals surface area contributed by atoms with Crippen LogP contribution in [0.15, 0.2) is 71.3 Å². The van der Waals surface area contributed by atoms with E-state index in [2.05, 4.69) is 24.4 Å². The molecule has 1 atom stereocenters. The van der Waals surface area contributed by atoms with Crippen molar-refractivity contribution in [1.29, 1.82) is 0 Å². The molecule has 0 bridgehead atoms. The number of amides is 2. The Balaban J connectivity index is 1.68. The number of halogens is 1. The molecule has 1 fully saturated rings. The standard InChI is InChI=1S/C27H29ClN2O3/c1-19-7-2-3-8-20(19)16-17-30(27(32)24-11-6-18-33-24)25(21-12-14-22(28)15-13-21)26(31)29-23-9-4-5-10-23/h2-3,6-8,11-15,18,23,25H,4-5,9-10,16-17H2,1H3,(H,29,31). The molecule has 3 aromatic rings. The fourth-order valence-electron chi connectivity index (χ4n) is 4.49. The Bertz CT molecular complexity index is 1070. The molecule has 4 rings (SSSR count). The third-order valence-electron chi connectivity index (χ3n) is 6.32. The van der Waals surface area contributed by atoms with Crippen LogP contribution < -0.4 is 5.32 Å². The number of carbonyl (C=O) groups excluding carboxylic acids is 2. The molecule has 5 nitrogen and oxygen atoms in total. The van der Waals surface area contributed by atoms with E-state index in [0.717, 1.165) is 42.4 Å². The van der Waals surface area contributed by atoms with Crippen molar-refractivity contribution < 1.29 is 14.0 Å². The number of aryl methyl sites for hydroxylation is 1. The topological polar surface area (TPSA) is 62.6 Å². The average Bonchev–Trinajstić information content (AvgIpc) is 3.52. The van der Waals surface area contributed by atoms with Crippen LogP contribution in [-0.2, 0) is 11.2 Å². The number of nitrogens with zero attached hydrogens (tertiary/aromatic N) is 1. The van der Waals surface area contributed by atoms with Crippen molar-refractivity contribution >= 4 is 23.4 Å². The molecule has 0 spiro atoms. The van der Waals surface area contributed by atoms with Gasteiger partial charge >= 0.3 is 0 Å². The lowest BCUT2D eigenvalue weighted by Gasteiger charge is -2.32. The summed E-state index contributed by atoms with van der Waals surface area (Å²) in [4.78, 5) is 28.8. The highest BCUT2D eigenvalue weighted by Gasteiger charge is 2.34. The quantitative estimate of drug-likeness (QED) is 0.463. The molecule has 1 N–H and O–H groups in total. The van der Waals surface area contributed by atoms with E-state index in [-0.39, 0.29) is 23.6 Å². The Labute approximate surface area is 199 Å². The Hall–Kier alpha value is -3.05. The zero-order valence-electron chi connectivity index (χ0n) is 18.8. The average molecular weight is 465 g/mol. The van der Waals surface area contributed by atoms with Gasteiger partial charge in [0.1, 0.15) is 6.04 Å². The van der Waals surface area contributed by atoms with Crippen molar-refractivity contribution in [2.45, 2.75) is 51.1 Å². The van der Waals surface area contributed by atoms with Gasteiger partial charge in [-0.2, -0.15) is 0 Å². The van der Waals surface area contributed by atoms with Crippen LogP contribution >= 0.6 is 11.6 Å². The SMILES string of the molecule is Cc1ccccc1CCN(C(=O)c1ccco1)C(C(=O)NC1CCCC1)c1ccc(Cl)cc1. The van der Waals surface area contributed by atoms with E-state index in [0.29, 0.717) is 18.0 Å². The molecule has 1 saturated carbocycles. The largest absolute Gasteiger partial charge is 0.459 e. The summed E-state index contributed by atoms with van der Waals surface area (Å²) >= 11 is 6.12. The van der Waals surface area contributed by atoms with Gasteiger partial charge in [0, 0.05) is 17.6 Å². The zero-order chi connectivity index (χ0) is 23.2. The smallest absolute Gasteiger partial charge is 0.290 e. The predicted molar refractivity (Wildman–Crippen MR) is 129 cm³/mol. The maximum atomic E-state index is 13.6. The Morgan fingerprint density at radius 1 is 1.06 bits per heavy atom. The lowest BCUT2D eigenvalue weighted by molar-refractivity contribution is -0.126. The monoisotopic (exact) mass is 464 g/mol. The second kappa shape index (κ2) is 10.7. The minimum absolute atomic E-state index is 0.143. The van der Waals surface area contributed by atoms with Gasteiger partial charge in [-0.1, -0.05) is 60.8 Å². The van der Waals surface area contributed by atoms with E-state index in [1.165, 1.54) is 6.26 Å². The van der Waals surface area contributed by atoms with Crippen LogP contribution in [-0.4, -0.2) is 29.3 Å². The molecule has 0 aliphatic heterocycles. The fourth-order valence-corrected chi connectivity index (χ4v) is 4.62. The second-order valence-electron chi connectivity index (χ2n) is 8.60. The van der Waals surface area contributed by atoms with Gasteiger partial charge in [-0.05, 0) is 67.1 Å². The van der Waals surface area contributed by atoms with Gasteiger partial charge in [0.05, 0.1) is 6.26 Å². The summed E-state index contributed by atoms with van der Waals surface area (Å²) in [6, 6.07) is 17.9. The van der Waals surface area contributed by atoms with Gasteiger partial charge in [0.25, 0.3) is 5.91 Å². The maximum Gasteiger partial charge on any atom is 0.290 e. The van der Waals surface area contributed by atoms with Crippen LogP contribution in [0.5, 0.6) is 0 Å². The molecule has 1 unspecified atom stereocenters. The van der Waals surface area contributed by atoms with Crippen molar-refractivity contribution in [2.75, 3.05) is 6.54 Å². The van der Waals surface area contributed by atoms with Crippen LogP contribution in [0.25, 0.3) is 0 Å². The van der Waals surface area contributed by atoms with Gasteiger partial charge in [-0.25, -0.2) is 0 Å². The van der Waals surface area contributed by atoms with E-state index in [9.17, 15) is 9.59 Å². The summed E-state index contributed by atoms with van der Waals surface area (Å²) in [5.74, 6) is -0.267. The number of nitrogens with one attached hydrogen (secondary N) is 1. The van der Waals surface area contributed by atoms with Gasteiger partial charge in [0.15, 0.2) is 5.76 Å². The van der Waals surface area contributed by atoms with E-state index in [1.54, 1.807) is 29.2 Å². The number of hydrogen-bond donors (Lipinski definition) is 1. The van der Waals surface area contributed by atoms with E-state index >= 15 is 0 Å². The van der Waals surface area contributed by atoms with Crippen molar-refractivity contribution in [1.82, 2.24) is 10.2 Å². The zero-order valence-corrected chi connectivity index (χ0v) is 19.6. The van der Waals surface area contributed by atoms with E-state index in [1.807, 2.05) is 24.3 Å². The lowest BCUT2D eigenvalue weighted by atomic mass is 10.0. The van der Waals surface area contributed by atoms with Gasteiger partial charge in [0.2, 0.25) is 5.91 Å². The second-order valence-corrected chi connectivity index (χ2v) is 9.03. The first-order chi connectivity index (χ1) is 16.0. The van der Waals surface area contributed by atoms with Crippen LogP contribution in [0.2, 0.25) is 5.02 Å². The van der Waals surface area contributed by atoms with E-state index < -0.39 is 6.04 Å². The fraction of sp³-hybridized carbons (Fsp3) is 0.333. The minimum atomic E-state index is -0.788. The lowest BCUT2D eigenvalue weighted by Crippen LogP contribution is -2.46. The van der Waals surface area contributed by atoms with Crippen LogP contribution in [0, 0.1) is 6.92 Å². The molecule has 2 amide bonds. The normalized spacial score (nSPS) is 14.7. The first kappa shape index (κ1) is 23.1. The van der Waals surface area contributed by atoms with Crippen LogP contribution in [0.3, 0.4) is 0 Å². The molecule has 6 heteroatoms. The summed E-state index contributed by atoms with van der Waals surface area (Å²) in [6.45, 7) is 2.42. The summed E-state index contributed by atoms with van der Waals surface area (Å²) < 4.78 is 5.43. The molecule has 1 aromatic heterocycles. The molecular formula is C27H29ClN2O3. The highest BCUT2D eigenvalue weighted by molar-refractivity contribution is 6.30. The predicted octanol–water partition coefficient (Wildman–Crippen LogP) is 5.73. The molecule has 33 heavy (non-hydrogen) atoms. The number of rotatable bonds is 8. The number of hydrogen-bond acceptors (Lipinski definition) is 3. The van der Waals surface area contributed by atoms with E-state index in [4.69, 9.17) is 16.0 Å². The summed E-state index contributed by atoms with van der Waals surface area (Å²) in [5.41, 5.74) is 3.02. The Morgan fingerprint density at radius 2 is 1.79 bits per heavy atom. The first-order valence-corrected chi connectivity index (χ1v) is 11.9. The molecule has 0 radical (unpaired) electrons. The molecule has 172 valence electrons. The highest BCUT2D eigenvalue weighted by atomic mass is 35.5. The molecule has 2 aromatic carbocycles. The third kappa shape index (κ3) is 5.66. The van der Waals surface area contributed by atoms with Crippen molar-refractivity contribution in [3.05, 3.63) is 94.4 Å². The molecule has 1 aliphatic carbocycles. The molecule has 1 aliphatic rings. The third-order valence-corrected chi connectivity index (χ3v) is 6.58. The summed E-state index contributed by atoms with van der Waals surface area (Å²) in [5, 5.41) is 3.77. The maximum absolute atomic E-state index is 13.6. The van der Waals surface area contributed by atoms with Gasteiger partial charge in [-0.15, -0.1) is 0 Å². The molecule has 0 saturated heterocycles. The summed E-state index contributed by atoms with van der Waals surface area (Å²) in [6.07, 6.45) is 6.25. The van der Waals surface area contributed by atoms with Crippen molar-refractivity contribution in [2.24, 2.45) is 0 Å². The highest BCUT2D eigenvalue weighted by Crippen LogP contribution is 2.27. The Morgan fingerprint density at radius 3 is 2.45 bits per heavy atom. The van der Waals surface area contributed by atoms with Gasteiger partial charge < -0.3 is 14.6 Å². The Kier molecular flexibility index (Phi) is 7.50. The summed E-state index contributed by atoms with van der Waals surface area (Å²) in [7, 11) is 0. The minimum Gasteiger partial charge on any atom is -0.459 e.